The molecule has 0 unspecified atom stereocenters. The first-order chi connectivity index (χ1) is 15.6. The Kier molecular flexibility index (Phi) is 10.3. The monoisotopic (exact) mass is 452 g/mol. The average Bonchev–Trinajstić information content (AvgIpc) is 2.81. The SMILES string of the molecule is C=C(/C=C(\C)N1CCN(CCCCCC)CC1)c1ccc2c(c1)C(C)(C)CCC2(C)C.CC. The van der Waals surface area contributed by atoms with Crippen LogP contribution in [0.1, 0.15) is 111 Å². The maximum atomic E-state index is 4.45. The summed E-state index contributed by atoms with van der Waals surface area (Å²) in [6.07, 6.45) is 10.2. The van der Waals surface area contributed by atoms with Gasteiger partial charge < -0.3 is 4.90 Å². The summed E-state index contributed by atoms with van der Waals surface area (Å²) in [5.41, 5.74) is 7.33. The van der Waals surface area contributed by atoms with Gasteiger partial charge in [-0.25, -0.2) is 0 Å². The largest absolute Gasteiger partial charge is 0.372 e. The molecular formula is C31H52N2. The highest BCUT2D eigenvalue weighted by Crippen LogP contribution is 2.46. The van der Waals surface area contributed by atoms with Crippen molar-refractivity contribution in [1.82, 2.24) is 9.80 Å². The Balaban J connectivity index is 0.00000187. The van der Waals surface area contributed by atoms with Crippen LogP contribution in [0, 0.1) is 0 Å². The summed E-state index contributed by atoms with van der Waals surface area (Å²) in [6, 6.07) is 7.09. The molecule has 1 heterocycles. The maximum absolute atomic E-state index is 4.45. The molecule has 2 nitrogen and oxygen atoms in total. The van der Waals surface area contributed by atoms with Gasteiger partial charge in [0.25, 0.3) is 0 Å². The minimum Gasteiger partial charge on any atom is -0.372 e. The molecule has 1 aliphatic heterocycles. The summed E-state index contributed by atoms with van der Waals surface area (Å²) < 4.78 is 0. The van der Waals surface area contributed by atoms with Crippen molar-refractivity contribution in [2.45, 2.75) is 105 Å². The lowest BCUT2D eigenvalue weighted by Crippen LogP contribution is -2.45. The molecule has 0 spiro atoms. The van der Waals surface area contributed by atoms with Crippen LogP contribution in [0.25, 0.3) is 5.57 Å². The highest BCUT2D eigenvalue weighted by atomic mass is 15.3. The topological polar surface area (TPSA) is 6.48 Å². The Hall–Kier alpha value is -1.54. The van der Waals surface area contributed by atoms with Gasteiger partial charge in [0.05, 0.1) is 0 Å². The van der Waals surface area contributed by atoms with Gasteiger partial charge in [-0.05, 0) is 71.9 Å². The van der Waals surface area contributed by atoms with Crippen LogP contribution >= 0.6 is 0 Å². The number of piperazine rings is 1. The predicted octanol–water partition coefficient (Wildman–Crippen LogP) is 8.18. The number of rotatable bonds is 8. The molecule has 0 bridgehead atoms. The Bertz CT molecular complexity index is 791. The summed E-state index contributed by atoms with van der Waals surface area (Å²) in [6.45, 7) is 28.5. The summed E-state index contributed by atoms with van der Waals surface area (Å²) in [4.78, 5) is 5.18. The number of hydrogen-bond acceptors (Lipinski definition) is 2. The van der Waals surface area contributed by atoms with Crippen LogP contribution < -0.4 is 0 Å². The standard InChI is InChI=1S/C29H46N2.C2H6/c1-8-9-10-11-16-30-17-19-31(20-18-30)24(3)21-23(2)25-12-13-26-27(22-25)29(6,7)15-14-28(26,4)5;1-2/h12-13,21-22H,2,8-11,14-20H2,1,3-7H3;1-2H3/b24-21+;. The third-order valence-electron chi connectivity index (χ3n) is 7.81. The molecule has 0 saturated carbocycles. The van der Waals surface area contributed by atoms with Crippen LogP contribution in [0.5, 0.6) is 0 Å². The van der Waals surface area contributed by atoms with Gasteiger partial charge in [-0.2, -0.15) is 0 Å². The minimum absolute atomic E-state index is 0.243. The van der Waals surface area contributed by atoms with Crippen LogP contribution in [-0.4, -0.2) is 42.5 Å². The highest BCUT2D eigenvalue weighted by Gasteiger charge is 2.36. The lowest BCUT2D eigenvalue weighted by atomic mass is 9.63. The van der Waals surface area contributed by atoms with Crippen molar-refractivity contribution in [2.24, 2.45) is 0 Å². The van der Waals surface area contributed by atoms with E-state index in [0.29, 0.717) is 0 Å². The Morgan fingerprint density at radius 3 is 2.12 bits per heavy atom. The number of fused-ring (bicyclic) bond motifs is 1. The van der Waals surface area contributed by atoms with Crippen molar-refractivity contribution in [1.29, 1.82) is 0 Å². The van der Waals surface area contributed by atoms with E-state index in [1.807, 2.05) is 13.8 Å². The molecule has 2 aliphatic rings. The number of benzene rings is 1. The van der Waals surface area contributed by atoms with Crippen LogP contribution in [0.2, 0.25) is 0 Å². The fourth-order valence-electron chi connectivity index (χ4n) is 5.30. The molecule has 0 radical (unpaired) electrons. The van der Waals surface area contributed by atoms with Gasteiger partial charge >= 0.3 is 0 Å². The van der Waals surface area contributed by atoms with E-state index in [-0.39, 0.29) is 10.8 Å². The number of hydrogen-bond donors (Lipinski definition) is 0. The van der Waals surface area contributed by atoms with Crippen molar-refractivity contribution in [3.05, 3.63) is 53.2 Å². The smallest absolute Gasteiger partial charge is 0.0303 e. The average molecular weight is 453 g/mol. The second-order valence-corrected chi connectivity index (χ2v) is 11.2. The van der Waals surface area contributed by atoms with Crippen molar-refractivity contribution in [2.75, 3.05) is 32.7 Å². The molecule has 1 aromatic rings. The molecule has 1 saturated heterocycles. The normalized spacial score (nSPS) is 20.0. The fraction of sp³-hybridized carbons (Fsp3) is 0.677. The third kappa shape index (κ3) is 7.22. The van der Waals surface area contributed by atoms with E-state index in [9.17, 15) is 0 Å². The van der Waals surface area contributed by atoms with Crippen molar-refractivity contribution < 1.29 is 0 Å². The molecule has 0 aromatic heterocycles. The van der Waals surface area contributed by atoms with Crippen molar-refractivity contribution in [3.8, 4) is 0 Å². The summed E-state index contributed by atoms with van der Waals surface area (Å²) in [5.74, 6) is 0. The summed E-state index contributed by atoms with van der Waals surface area (Å²) >= 11 is 0. The second-order valence-electron chi connectivity index (χ2n) is 11.2. The van der Waals surface area contributed by atoms with E-state index in [0.717, 1.165) is 18.7 Å². The van der Waals surface area contributed by atoms with Crippen molar-refractivity contribution >= 4 is 5.57 Å². The maximum Gasteiger partial charge on any atom is 0.0303 e. The Morgan fingerprint density at radius 1 is 0.909 bits per heavy atom. The van der Waals surface area contributed by atoms with Crippen LogP contribution in [0.15, 0.2) is 36.6 Å². The molecule has 186 valence electrons. The molecule has 2 heteroatoms. The van der Waals surface area contributed by atoms with E-state index < -0.39 is 0 Å². The van der Waals surface area contributed by atoms with Crippen LogP contribution in [-0.2, 0) is 10.8 Å². The quantitative estimate of drug-likeness (QED) is 0.290. The van der Waals surface area contributed by atoms with Crippen LogP contribution in [0.3, 0.4) is 0 Å². The third-order valence-corrected chi connectivity index (χ3v) is 7.81. The molecule has 3 rings (SSSR count). The van der Waals surface area contributed by atoms with E-state index in [1.54, 1.807) is 0 Å². The van der Waals surface area contributed by atoms with E-state index in [1.165, 1.54) is 80.5 Å². The Labute approximate surface area is 206 Å². The minimum atomic E-state index is 0.243. The van der Waals surface area contributed by atoms with Gasteiger partial charge in [-0.1, -0.05) is 92.5 Å². The molecule has 0 N–H and O–H groups in total. The van der Waals surface area contributed by atoms with Gasteiger partial charge in [-0.15, -0.1) is 0 Å². The van der Waals surface area contributed by atoms with Gasteiger partial charge in [0.2, 0.25) is 0 Å². The van der Waals surface area contributed by atoms with E-state index in [4.69, 9.17) is 0 Å². The Morgan fingerprint density at radius 2 is 1.52 bits per heavy atom. The number of allylic oxidation sites excluding steroid dienone is 3. The zero-order valence-corrected chi connectivity index (χ0v) is 23.2. The zero-order chi connectivity index (χ0) is 24.6. The van der Waals surface area contributed by atoms with E-state index in [2.05, 4.69) is 82.2 Å². The summed E-state index contributed by atoms with van der Waals surface area (Å²) in [5, 5.41) is 0. The highest BCUT2D eigenvalue weighted by molar-refractivity contribution is 5.73. The first-order valence-corrected chi connectivity index (χ1v) is 13.6. The lowest BCUT2D eigenvalue weighted by molar-refractivity contribution is 0.157. The summed E-state index contributed by atoms with van der Waals surface area (Å²) in [7, 11) is 0. The second kappa shape index (κ2) is 12.2. The first kappa shape index (κ1) is 27.7. The zero-order valence-electron chi connectivity index (χ0n) is 23.2. The molecule has 1 fully saturated rings. The number of unbranched alkanes of at least 4 members (excludes halogenated alkanes) is 3. The molecule has 33 heavy (non-hydrogen) atoms. The van der Waals surface area contributed by atoms with Crippen molar-refractivity contribution in [3.63, 3.8) is 0 Å². The molecule has 0 amide bonds. The van der Waals surface area contributed by atoms with Gasteiger partial charge in [-0.3, -0.25) is 4.90 Å². The molecule has 0 atom stereocenters. The molecule has 1 aliphatic carbocycles. The van der Waals surface area contributed by atoms with Gasteiger partial charge in [0.1, 0.15) is 0 Å². The number of nitrogens with zero attached hydrogens (tertiary/aromatic N) is 2. The van der Waals surface area contributed by atoms with E-state index >= 15 is 0 Å². The van der Waals surface area contributed by atoms with Gasteiger partial charge in [0, 0.05) is 31.9 Å². The lowest BCUT2D eigenvalue weighted by Gasteiger charge is -2.42. The molecular weight excluding hydrogens is 400 g/mol. The molecule has 1 aromatic carbocycles. The predicted molar refractivity (Wildman–Crippen MR) is 148 cm³/mol. The fourth-order valence-corrected chi connectivity index (χ4v) is 5.30. The first-order valence-electron chi connectivity index (χ1n) is 13.6. The van der Waals surface area contributed by atoms with Crippen LogP contribution in [0.4, 0.5) is 0 Å². The van der Waals surface area contributed by atoms with Gasteiger partial charge in [0.15, 0.2) is 0 Å².